The molecule has 0 aliphatic carbocycles. The van der Waals surface area contributed by atoms with Gasteiger partial charge in [-0.1, -0.05) is 0 Å². The monoisotopic (exact) mass is 438 g/mol. The summed E-state index contributed by atoms with van der Waals surface area (Å²) in [7, 11) is 0. The summed E-state index contributed by atoms with van der Waals surface area (Å²) in [6.07, 6.45) is -3.26. The van der Waals surface area contributed by atoms with Crippen LogP contribution in [0.4, 0.5) is 17.6 Å². The first-order valence-electron chi connectivity index (χ1n) is 7.12. The van der Waals surface area contributed by atoms with Crippen molar-refractivity contribution in [3.8, 4) is 0 Å². The van der Waals surface area contributed by atoms with Crippen molar-refractivity contribution >= 4 is 27.5 Å². The number of hydrogen-bond acceptors (Lipinski definition) is 5. The molecule has 8 nitrogen and oxygen atoms in total. The molecule has 0 saturated heterocycles. The van der Waals surface area contributed by atoms with Gasteiger partial charge in [0.25, 0.3) is 18.8 Å². The van der Waals surface area contributed by atoms with Gasteiger partial charge >= 0.3 is 0 Å². The lowest BCUT2D eigenvalue weighted by atomic mass is 10.1. The number of nitrogens with zero attached hydrogens (tertiary/aromatic N) is 6. The maximum atomic E-state index is 13.2. The van der Waals surface area contributed by atoms with Gasteiger partial charge in [-0.25, -0.2) is 22.2 Å². The molecular weight excluding hydrogens is 428 g/mol. The summed E-state index contributed by atoms with van der Waals surface area (Å²) in [6.45, 7) is 0.115. The molecule has 1 atom stereocenters. The maximum absolute atomic E-state index is 13.2. The average Bonchev–Trinajstić information content (AvgIpc) is 3.27. The lowest BCUT2D eigenvalue weighted by Crippen LogP contribution is -2.51. The van der Waals surface area contributed by atoms with Crippen LogP contribution < -0.4 is 0 Å². The number of rotatable bonds is 5. The van der Waals surface area contributed by atoms with Gasteiger partial charge in [0.1, 0.15) is 12.4 Å². The highest BCUT2D eigenvalue weighted by atomic mass is 79.9. The average molecular weight is 439 g/mol. The van der Waals surface area contributed by atoms with Crippen LogP contribution >= 0.6 is 15.9 Å². The normalized spacial score (nSPS) is 20.3. The molecule has 0 spiro atoms. The van der Waals surface area contributed by atoms with Crippen molar-refractivity contribution in [3.05, 3.63) is 34.8 Å². The molecule has 3 rings (SSSR count). The fourth-order valence-electron chi connectivity index (χ4n) is 2.33. The molecular formula is C13H11BrF4N6O2. The van der Waals surface area contributed by atoms with Crippen LogP contribution in [0.2, 0.25) is 0 Å². The van der Waals surface area contributed by atoms with E-state index in [0.29, 0.717) is 4.47 Å². The molecule has 26 heavy (non-hydrogen) atoms. The van der Waals surface area contributed by atoms with Gasteiger partial charge in [0.2, 0.25) is 5.72 Å². The number of halogens is 5. The van der Waals surface area contributed by atoms with Crippen LogP contribution in [0.1, 0.15) is 16.9 Å². The molecule has 13 heteroatoms. The van der Waals surface area contributed by atoms with Gasteiger partial charge in [-0.2, -0.15) is 20.3 Å². The third-order valence-electron chi connectivity index (χ3n) is 3.58. The molecule has 140 valence electrons. The Bertz CT molecular complexity index is 853. The molecule has 1 amide bonds. The van der Waals surface area contributed by atoms with E-state index in [0.717, 1.165) is 0 Å². The highest BCUT2D eigenvalue weighted by Gasteiger charge is 2.53. The number of aromatic nitrogens is 4. The van der Waals surface area contributed by atoms with E-state index in [-0.39, 0.29) is 17.4 Å². The molecule has 1 N–H and O–H groups in total. The Labute approximate surface area is 151 Å². The van der Waals surface area contributed by atoms with Crippen molar-refractivity contribution in [2.45, 2.75) is 31.7 Å². The minimum Gasteiger partial charge on any atom is -0.364 e. The number of aliphatic hydroxyl groups is 1. The van der Waals surface area contributed by atoms with Crippen LogP contribution in [0.15, 0.2) is 34.2 Å². The van der Waals surface area contributed by atoms with E-state index in [9.17, 15) is 27.5 Å². The van der Waals surface area contributed by atoms with E-state index in [2.05, 4.69) is 31.2 Å². The van der Waals surface area contributed by atoms with Gasteiger partial charge in [-0.15, -0.1) is 0 Å². The summed E-state index contributed by atoms with van der Waals surface area (Å²) in [4.78, 5) is 12.4. The van der Waals surface area contributed by atoms with Crippen molar-refractivity contribution in [2.24, 2.45) is 5.10 Å². The minimum absolute atomic E-state index is 0.0314. The van der Waals surface area contributed by atoms with Crippen molar-refractivity contribution < 1.29 is 27.5 Å². The Kier molecular flexibility index (Phi) is 4.84. The molecule has 0 fully saturated rings. The zero-order valence-electron chi connectivity index (χ0n) is 12.8. The smallest absolute Gasteiger partial charge is 0.297 e. The fraction of sp³-hybridized carbons (Fsp3) is 0.385. The Balaban J connectivity index is 1.83. The van der Waals surface area contributed by atoms with Gasteiger partial charge in [0.15, 0.2) is 5.69 Å². The molecule has 1 aliphatic heterocycles. The second-order valence-electron chi connectivity index (χ2n) is 5.44. The highest BCUT2D eigenvalue weighted by Crippen LogP contribution is 2.33. The highest BCUT2D eigenvalue weighted by molar-refractivity contribution is 9.10. The Morgan fingerprint density at radius 1 is 1.35 bits per heavy atom. The Morgan fingerprint density at radius 2 is 2.08 bits per heavy atom. The van der Waals surface area contributed by atoms with E-state index in [1.54, 1.807) is 6.20 Å². The SMILES string of the molecule is O=C(c1ccn(Cn2cc(Br)cn2)n1)N1N=C(C(F)F)CC1(O)C(F)F. The van der Waals surface area contributed by atoms with E-state index in [1.807, 2.05) is 0 Å². The topological polar surface area (TPSA) is 88.5 Å². The summed E-state index contributed by atoms with van der Waals surface area (Å²) in [5.74, 6) is -1.22. The number of hydrogen-bond donors (Lipinski definition) is 1. The quantitative estimate of drug-likeness (QED) is 0.720. The minimum atomic E-state index is -3.49. The van der Waals surface area contributed by atoms with Gasteiger partial charge < -0.3 is 5.11 Å². The first kappa shape index (κ1) is 18.5. The van der Waals surface area contributed by atoms with Crippen molar-refractivity contribution in [1.82, 2.24) is 24.6 Å². The lowest BCUT2D eigenvalue weighted by Gasteiger charge is -2.29. The van der Waals surface area contributed by atoms with Crippen LogP contribution in [0, 0.1) is 0 Å². The summed E-state index contributed by atoms with van der Waals surface area (Å²) < 4.78 is 55.4. The molecule has 0 saturated carbocycles. The molecule has 3 heterocycles. The zero-order chi connectivity index (χ0) is 19.1. The maximum Gasteiger partial charge on any atom is 0.297 e. The molecule has 1 unspecified atom stereocenters. The van der Waals surface area contributed by atoms with Crippen LogP contribution in [-0.4, -0.2) is 59.9 Å². The largest absolute Gasteiger partial charge is 0.364 e. The fourth-order valence-corrected chi connectivity index (χ4v) is 2.66. The molecule has 2 aromatic rings. The first-order valence-corrected chi connectivity index (χ1v) is 7.92. The summed E-state index contributed by atoms with van der Waals surface area (Å²) in [6, 6.07) is 1.20. The number of alkyl halides is 4. The van der Waals surface area contributed by atoms with Gasteiger partial charge in [-0.05, 0) is 22.0 Å². The molecule has 1 aliphatic rings. The van der Waals surface area contributed by atoms with Crippen molar-refractivity contribution in [2.75, 3.05) is 0 Å². The number of carbonyl (C=O) groups excluding carboxylic acids is 1. The first-order chi connectivity index (χ1) is 12.2. The lowest BCUT2D eigenvalue weighted by molar-refractivity contribution is -0.164. The van der Waals surface area contributed by atoms with E-state index in [1.165, 1.54) is 27.8 Å². The Hall–Kier alpha value is -2.28. The van der Waals surface area contributed by atoms with Crippen LogP contribution in [0.3, 0.4) is 0 Å². The van der Waals surface area contributed by atoms with Crippen LogP contribution in [0.5, 0.6) is 0 Å². The third-order valence-corrected chi connectivity index (χ3v) is 3.99. The molecule has 0 radical (unpaired) electrons. The summed E-state index contributed by atoms with van der Waals surface area (Å²) >= 11 is 3.21. The standard InChI is InChI=1S/C13H11BrF4N6O2/c14-7-4-19-23(5-7)6-22-2-1-8(20-22)11(25)24-13(26,12(17)18)3-9(21-24)10(15)16/h1-2,4-5,10,12,26H,3,6H2. The van der Waals surface area contributed by atoms with Crippen LogP contribution in [-0.2, 0) is 6.67 Å². The second-order valence-corrected chi connectivity index (χ2v) is 6.36. The second kappa shape index (κ2) is 6.79. The predicted molar refractivity (Wildman–Crippen MR) is 82.7 cm³/mol. The number of hydrazone groups is 1. The third kappa shape index (κ3) is 3.35. The number of carbonyl (C=O) groups is 1. The zero-order valence-corrected chi connectivity index (χ0v) is 14.4. The predicted octanol–water partition coefficient (Wildman–Crippen LogP) is 1.77. The van der Waals surface area contributed by atoms with Crippen molar-refractivity contribution in [3.63, 3.8) is 0 Å². The summed E-state index contributed by atoms with van der Waals surface area (Å²) in [5.41, 5.74) is -4.48. The van der Waals surface area contributed by atoms with E-state index in [4.69, 9.17) is 0 Å². The van der Waals surface area contributed by atoms with Crippen LogP contribution in [0.25, 0.3) is 0 Å². The van der Waals surface area contributed by atoms with Gasteiger partial charge in [-0.3, -0.25) is 9.48 Å². The molecule has 0 aromatic carbocycles. The molecule has 0 bridgehead atoms. The Morgan fingerprint density at radius 3 is 2.65 bits per heavy atom. The van der Waals surface area contributed by atoms with Gasteiger partial charge in [0.05, 0.1) is 10.7 Å². The molecule has 2 aromatic heterocycles. The summed E-state index contributed by atoms with van der Waals surface area (Å²) in [5, 5.41) is 21.0. The van der Waals surface area contributed by atoms with Gasteiger partial charge in [0, 0.05) is 18.8 Å². The van der Waals surface area contributed by atoms with E-state index < -0.39 is 36.6 Å². The number of amides is 1. The van der Waals surface area contributed by atoms with Crippen molar-refractivity contribution in [1.29, 1.82) is 0 Å². The van der Waals surface area contributed by atoms with E-state index >= 15 is 0 Å².